The second-order valence-electron chi connectivity index (χ2n) is 6.02. The molecule has 1 aromatic heterocycles. The normalized spacial score (nSPS) is 11.8. The summed E-state index contributed by atoms with van der Waals surface area (Å²) in [5, 5.41) is 0. The molecule has 0 spiro atoms. The van der Waals surface area contributed by atoms with Crippen LogP contribution in [0.5, 0.6) is 11.5 Å². The van der Waals surface area contributed by atoms with Crippen molar-refractivity contribution in [1.82, 2.24) is 4.57 Å². The molecule has 0 saturated heterocycles. The van der Waals surface area contributed by atoms with E-state index in [9.17, 15) is 4.79 Å². The highest BCUT2D eigenvalue weighted by molar-refractivity contribution is 7.16. The van der Waals surface area contributed by atoms with Gasteiger partial charge in [-0.2, -0.15) is 4.99 Å². The summed E-state index contributed by atoms with van der Waals surface area (Å²) in [5.74, 6) is 0.730. The number of rotatable bonds is 4. The Kier molecular flexibility index (Phi) is 5.13. The van der Waals surface area contributed by atoms with Crippen molar-refractivity contribution in [2.24, 2.45) is 4.99 Å². The molecule has 0 aliphatic rings. The van der Waals surface area contributed by atoms with Gasteiger partial charge < -0.3 is 14.0 Å². The van der Waals surface area contributed by atoms with Gasteiger partial charge in [-0.3, -0.25) is 4.79 Å². The van der Waals surface area contributed by atoms with Gasteiger partial charge in [-0.05, 0) is 62.2 Å². The van der Waals surface area contributed by atoms with Crippen LogP contribution in [0.2, 0.25) is 0 Å². The lowest BCUT2D eigenvalue weighted by Gasteiger charge is -2.07. The molecule has 0 aliphatic carbocycles. The molecular weight excluding hydrogens is 348 g/mol. The predicted molar refractivity (Wildman–Crippen MR) is 104 cm³/mol. The van der Waals surface area contributed by atoms with Crippen molar-refractivity contribution < 1.29 is 14.3 Å². The molecule has 26 heavy (non-hydrogen) atoms. The molecule has 3 aromatic rings. The van der Waals surface area contributed by atoms with E-state index < -0.39 is 0 Å². The molecule has 0 aliphatic heterocycles. The van der Waals surface area contributed by atoms with Crippen molar-refractivity contribution in [2.75, 3.05) is 14.2 Å². The number of thiazole rings is 1. The standard InChI is InChI=1S/C20H22N2O3S/c1-6-22-16-9-12(2)13(3)10-18(16)26-20(22)21-19(23)15-11-14(24-4)7-8-17(15)25-5/h7-11H,6H2,1-5H3. The molecule has 1 amide bonds. The van der Waals surface area contributed by atoms with Crippen molar-refractivity contribution in [2.45, 2.75) is 27.3 Å². The van der Waals surface area contributed by atoms with Gasteiger partial charge in [0, 0.05) is 6.54 Å². The van der Waals surface area contributed by atoms with Crippen LogP contribution >= 0.6 is 11.3 Å². The number of aromatic nitrogens is 1. The topological polar surface area (TPSA) is 52.8 Å². The number of benzene rings is 2. The maximum Gasteiger partial charge on any atom is 0.283 e. The number of ether oxygens (including phenoxy) is 2. The van der Waals surface area contributed by atoms with Crippen LogP contribution in [-0.2, 0) is 6.54 Å². The lowest BCUT2D eigenvalue weighted by molar-refractivity contribution is 0.0994. The third-order valence-corrected chi connectivity index (χ3v) is 5.49. The molecule has 1 heterocycles. The Hall–Kier alpha value is -2.60. The lowest BCUT2D eigenvalue weighted by atomic mass is 10.1. The third-order valence-electron chi connectivity index (χ3n) is 4.45. The molecule has 0 bridgehead atoms. The molecule has 6 heteroatoms. The number of methoxy groups -OCH3 is 2. The fourth-order valence-corrected chi connectivity index (χ4v) is 4.01. The Labute approximate surface area is 156 Å². The third kappa shape index (κ3) is 3.24. The van der Waals surface area contributed by atoms with E-state index in [4.69, 9.17) is 9.47 Å². The van der Waals surface area contributed by atoms with Crippen LogP contribution in [0.3, 0.4) is 0 Å². The van der Waals surface area contributed by atoms with Crippen molar-refractivity contribution >= 4 is 27.5 Å². The van der Waals surface area contributed by atoms with E-state index in [1.165, 1.54) is 29.6 Å². The maximum atomic E-state index is 12.8. The average molecular weight is 370 g/mol. The summed E-state index contributed by atoms with van der Waals surface area (Å²) in [5.41, 5.74) is 3.95. The highest BCUT2D eigenvalue weighted by atomic mass is 32.1. The van der Waals surface area contributed by atoms with E-state index >= 15 is 0 Å². The van der Waals surface area contributed by atoms with Gasteiger partial charge in [0.05, 0.1) is 30.0 Å². The van der Waals surface area contributed by atoms with Gasteiger partial charge in [0.25, 0.3) is 5.91 Å². The first-order chi connectivity index (χ1) is 12.5. The monoisotopic (exact) mass is 370 g/mol. The number of hydrogen-bond donors (Lipinski definition) is 0. The first-order valence-corrected chi connectivity index (χ1v) is 9.21. The summed E-state index contributed by atoms with van der Waals surface area (Å²) in [6, 6.07) is 9.43. The number of carbonyl (C=O) groups excluding carboxylic acids is 1. The summed E-state index contributed by atoms with van der Waals surface area (Å²) in [6.07, 6.45) is 0. The van der Waals surface area contributed by atoms with Gasteiger partial charge in [0.2, 0.25) is 0 Å². The van der Waals surface area contributed by atoms with Crippen LogP contribution in [-0.4, -0.2) is 24.7 Å². The first kappa shape index (κ1) is 18.2. The van der Waals surface area contributed by atoms with Gasteiger partial charge in [-0.1, -0.05) is 11.3 Å². The Balaban J connectivity index is 2.17. The zero-order valence-electron chi connectivity index (χ0n) is 15.6. The van der Waals surface area contributed by atoms with Crippen molar-refractivity contribution in [3.8, 4) is 11.5 Å². The molecule has 5 nitrogen and oxygen atoms in total. The van der Waals surface area contributed by atoms with E-state index in [1.54, 1.807) is 25.3 Å². The summed E-state index contributed by atoms with van der Waals surface area (Å²) in [6.45, 7) is 6.98. The molecule has 136 valence electrons. The second kappa shape index (κ2) is 7.33. The van der Waals surface area contributed by atoms with Crippen molar-refractivity contribution in [3.05, 3.63) is 51.8 Å². The number of amides is 1. The summed E-state index contributed by atoms with van der Waals surface area (Å²) in [4.78, 5) is 17.9. The zero-order valence-corrected chi connectivity index (χ0v) is 16.4. The summed E-state index contributed by atoms with van der Waals surface area (Å²) >= 11 is 1.52. The highest BCUT2D eigenvalue weighted by Gasteiger charge is 2.14. The number of hydrogen-bond acceptors (Lipinski definition) is 4. The molecular formula is C20H22N2O3S. The molecule has 0 fully saturated rings. The highest BCUT2D eigenvalue weighted by Crippen LogP contribution is 2.25. The van der Waals surface area contributed by atoms with Gasteiger partial charge in [0.15, 0.2) is 4.80 Å². The van der Waals surface area contributed by atoms with E-state index in [-0.39, 0.29) is 5.91 Å². The second-order valence-corrected chi connectivity index (χ2v) is 7.03. The number of aryl methyl sites for hydroxylation is 3. The summed E-state index contributed by atoms with van der Waals surface area (Å²) < 4.78 is 13.7. The SMILES string of the molecule is CCn1c(=NC(=O)c2cc(OC)ccc2OC)sc2cc(C)c(C)cc21. The van der Waals surface area contributed by atoms with Crippen LogP contribution < -0.4 is 14.3 Å². The molecule has 0 saturated carbocycles. The van der Waals surface area contributed by atoms with Crippen molar-refractivity contribution in [3.63, 3.8) is 0 Å². The van der Waals surface area contributed by atoms with Gasteiger partial charge in [-0.15, -0.1) is 0 Å². The molecule has 0 unspecified atom stereocenters. The first-order valence-electron chi connectivity index (χ1n) is 8.40. The lowest BCUT2D eigenvalue weighted by Crippen LogP contribution is -2.16. The average Bonchev–Trinajstić information content (AvgIpc) is 2.97. The van der Waals surface area contributed by atoms with Crippen molar-refractivity contribution in [1.29, 1.82) is 0 Å². The Morgan fingerprint density at radius 2 is 1.85 bits per heavy atom. The van der Waals surface area contributed by atoms with Gasteiger partial charge in [-0.25, -0.2) is 0 Å². The Morgan fingerprint density at radius 3 is 2.50 bits per heavy atom. The molecule has 0 radical (unpaired) electrons. The largest absolute Gasteiger partial charge is 0.497 e. The molecule has 3 rings (SSSR count). The van der Waals surface area contributed by atoms with Gasteiger partial charge in [0.1, 0.15) is 11.5 Å². The quantitative estimate of drug-likeness (QED) is 0.695. The van der Waals surface area contributed by atoms with Crippen LogP contribution in [0.1, 0.15) is 28.4 Å². The smallest absolute Gasteiger partial charge is 0.283 e. The Bertz CT molecular complexity index is 1050. The van der Waals surface area contributed by atoms with Crippen LogP contribution in [0.25, 0.3) is 10.2 Å². The van der Waals surface area contributed by atoms with Crippen LogP contribution in [0, 0.1) is 13.8 Å². The van der Waals surface area contributed by atoms with E-state index in [0.717, 1.165) is 16.8 Å². The summed E-state index contributed by atoms with van der Waals surface area (Å²) in [7, 11) is 3.10. The number of carbonyl (C=O) groups is 1. The maximum absolute atomic E-state index is 12.8. The fraction of sp³-hybridized carbons (Fsp3) is 0.300. The minimum absolute atomic E-state index is 0.344. The molecule has 0 N–H and O–H groups in total. The Morgan fingerprint density at radius 1 is 1.12 bits per heavy atom. The minimum Gasteiger partial charge on any atom is -0.497 e. The minimum atomic E-state index is -0.344. The van der Waals surface area contributed by atoms with Gasteiger partial charge >= 0.3 is 0 Å². The fourth-order valence-electron chi connectivity index (χ4n) is 2.84. The van der Waals surface area contributed by atoms with Crippen LogP contribution in [0.15, 0.2) is 35.3 Å². The number of fused-ring (bicyclic) bond motifs is 1. The molecule has 2 aromatic carbocycles. The van der Waals surface area contributed by atoms with E-state index in [2.05, 4.69) is 42.5 Å². The predicted octanol–water partition coefficient (Wildman–Crippen LogP) is 4.10. The van der Waals surface area contributed by atoms with E-state index in [1.807, 2.05) is 0 Å². The number of nitrogens with zero attached hydrogens (tertiary/aromatic N) is 2. The van der Waals surface area contributed by atoms with E-state index in [0.29, 0.717) is 21.9 Å². The molecule has 0 atom stereocenters. The van der Waals surface area contributed by atoms with Crippen LogP contribution in [0.4, 0.5) is 0 Å². The zero-order chi connectivity index (χ0) is 18.8.